The van der Waals surface area contributed by atoms with Gasteiger partial charge in [-0.2, -0.15) is 0 Å². The second-order valence-corrected chi connectivity index (χ2v) is 8.56. The molecule has 5 heteroatoms. The summed E-state index contributed by atoms with van der Waals surface area (Å²) >= 11 is 1.34. The Balaban J connectivity index is 1.66. The van der Waals surface area contributed by atoms with Gasteiger partial charge < -0.3 is 0 Å². The van der Waals surface area contributed by atoms with Gasteiger partial charge in [-0.1, -0.05) is 55.5 Å². The highest BCUT2D eigenvalue weighted by Gasteiger charge is 2.66. The van der Waals surface area contributed by atoms with Gasteiger partial charge in [0.25, 0.3) is 0 Å². The highest BCUT2D eigenvalue weighted by molar-refractivity contribution is 7.14. The maximum atomic E-state index is 13.5. The van der Waals surface area contributed by atoms with Crippen molar-refractivity contribution in [2.24, 2.45) is 11.8 Å². The summed E-state index contributed by atoms with van der Waals surface area (Å²) in [5, 5.41) is 2.29. The lowest BCUT2D eigenvalue weighted by atomic mass is 9.48. The number of hydrogen-bond acceptors (Lipinski definition) is 4. The summed E-state index contributed by atoms with van der Waals surface area (Å²) in [7, 11) is 0. The number of nitrogens with zero attached hydrogens (tertiary/aromatic N) is 2. The first kappa shape index (κ1) is 15.3. The van der Waals surface area contributed by atoms with Crippen LogP contribution in [0.5, 0.6) is 0 Å². The minimum Gasteiger partial charge on any atom is -0.274 e. The Bertz CT molecular complexity index is 1070. The van der Waals surface area contributed by atoms with Crippen molar-refractivity contribution in [3.8, 4) is 0 Å². The van der Waals surface area contributed by atoms with Gasteiger partial charge in [-0.3, -0.25) is 9.59 Å². The number of rotatable bonds is 1. The second kappa shape index (κ2) is 4.93. The van der Waals surface area contributed by atoms with Gasteiger partial charge in [0.1, 0.15) is 0 Å². The number of thiazole rings is 1. The predicted molar refractivity (Wildman–Crippen MR) is 103 cm³/mol. The lowest BCUT2D eigenvalue weighted by molar-refractivity contribution is -0.123. The number of carbonyl (C=O) groups excluding carboxylic acids is 2. The van der Waals surface area contributed by atoms with Crippen LogP contribution < -0.4 is 4.90 Å². The van der Waals surface area contributed by atoms with Crippen LogP contribution in [0.4, 0.5) is 5.13 Å². The first-order chi connectivity index (χ1) is 13.1. The Labute approximate surface area is 160 Å². The smallest absolute Gasteiger partial charge is 0.240 e. The SMILES string of the molecule is CC12c3ccccc3C(c3ccccc31)[C@H]1C(=O)N(c3nccs3)C(=O)[C@@H]12. The highest BCUT2D eigenvalue weighted by Crippen LogP contribution is 2.64. The highest BCUT2D eigenvalue weighted by atomic mass is 32.1. The van der Waals surface area contributed by atoms with E-state index in [1.54, 1.807) is 11.6 Å². The first-order valence-corrected chi connectivity index (χ1v) is 9.98. The van der Waals surface area contributed by atoms with E-state index in [0.29, 0.717) is 5.13 Å². The van der Waals surface area contributed by atoms with Gasteiger partial charge in [0.05, 0.1) is 11.8 Å². The van der Waals surface area contributed by atoms with E-state index in [1.807, 2.05) is 24.3 Å². The molecule has 0 radical (unpaired) electrons. The van der Waals surface area contributed by atoms with E-state index in [4.69, 9.17) is 0 Å². The Morgan fingerprint density at radius 3 is 2.19 bits per heavy atom. The molecule has 1 aromatic heterocycles. The third-order valence-corrected chi connectivity index (χ3v) is 7.41. The molecule has 3 aliphatic carbocycles. The Morgan fingerprint density at radius 2 is 1.59 bits per heavy atom. The summed E-state index contributed by atoms with van der Waals surface area (Å²) in [5.41, 5.74) is 4.21. The van der Waals surface area contributed by atoms with Gasteiger partial charge >= 0.3 is 0 Å². The van der Waals surface area contributed by atoms with E-state index in [-0.39, 0.29) is 29.6 Å². The third-order valence-electron chi connectivity index (χ3n) is 6.65. The number of amides is 2. The minimum absolute atomic E-state index is 0.0781. The fraction of sp³-hybridized carbons (Fsp3) is 0.227. The minimum atomic E-state index is -0.509. The average Bonchev–Trinajstić information content (AvgIpc) is 3.30. The van der Waals surface area contributed by atoms with Gasteiger partial charge in [-0.05, 0) is 22.3 Å². The summed E-state index contributed by atoms with van der Waals surface area (Å²) in [5.74, 6) is -1.05. The molecule has 2 aromatic carbocycles. The molecule has 0 N–H and O–H groups in total. The van der Waals surface area contributed by atoms with Crippen molar-refractivity contribution in [3.63, 3.8) is 0 Å². The number of anilines is 1. The molecule has 0 spiro atoms. The Kier molecular flexibility index (Phi) is 2.79. The fourth-order valence-corrected chi connectivity index (χ4v) is 6.32. The number of imide groups is 1. The van der Waals surface area contributed by atoms with Gasteiger partial charge in [-0.15, -0.1) is 11.3 Å². The van der Waals surface area contributed by atoms with E-state index in [1.165, 1.54) is 38.5 Å². The van der Waals surface area contributed by atoms with Crippen LogP contribution in [0.2, 0.25) is 0 Å². The van der Waals surface area contributed by atoms with E-state index in [2.05, 4.69) is 36.2 Å². The van der Waals surface area contributed by atoms with Crippen molar-refractivity contribution in [1.29, 1.82) is 0 Å². The molecule has 2 heterocycles. The van der Waals surface area contributed by atoms with Crippen molar-refractivity contribution in [2.45, 2.75) is 18.3 Å². The van der Waals surface area contributed by atoms with E-state index in [9.17, 15) is 9.59 Å². The molecule has 4 aliphatic rings. The molecular formula is C22H16N2O2S. The zero-order chi connectivity index (χ0) is 18.3. The molecule has 1 saturated heterocycles. The lowest BCUT2D eigenvalue weighted by Gasteiger charge is -2.52. The third kappa shape index (κ3) is 1.62. The first-order valence-electron chi connectivity index (χ1n) is 9.10. The molecule has 7 rings (SSSR count). The Morgan fingerprint density at radius 1 is 0.963 bits per heavy atom. The summed E-state index contributed by atoms with van der Waals surface area (Å²) in [6.45, 7) is 2.13. The number of hydrogen-bond donors (Lipinski definition) is 0. The lowest BCUT2D eigenvalue weighted by Crippen LogP contribution is -2.51. The molecular weight excluding hydrogens is 356 g/mol. The van der Waals surface area contributed by atoms with Crippen LogP contribution in [-0.4, -0.2) is 16.8 Å². The maximum absolute atomic E-state index is 13.5. The van der Waals surface area contributed by atoms with Crippen LogP contribution in [0, 0.1) is 11.8 Å². The van der Waals surface area contributed by atoms with Crippen LogP contribution in [-0.2, 0) is 15.0 Å². The summed E-state index contributed by atoms with van der Waals surface area (Å²) in [4.78, 5) is 32.6. The zero-order valence-electron chi connectivity index (χ0n) is 14.6. The topological polar surface area (TPSA) is 50.3 Å². The normalized spacial score (nSPS) is 30.3. The van der Waals surface area contributed by atoms with Crippen LogP contribution in [0.15, 0.2) is 60.1 Å². The summed E-state index contributed by atoms with van der Waals surface area (Å²) in [6.07, 6.45) is 1.64. The van der Waals surface area contributed by atoms with Crippen molar-refractivity contribution < 1.29 is 9.59 Å². The zero-order valence-corrected chi connectivity index (χ0v) is 15.4. The van der Waals surface area contributed by atoms with Crippen LogP contribution in [0.3, 0.4) is 0 Å². The van der Waals surface area contributed by atoms with Gasteiger partial charge in [0.15, 0.2) is 5.13 Å². The fourth-order valence-electron chi connectivity index (χ4n) is 5.67. The van der Waals surface area contributed by atoms with Crippen LogP contribution >= 0.6 is 11.3 Å². The van der Waals surface area contributed by atoms with Crippen molar-refractivity contribution in [2.75, 3.05) is 4.90 Å². The van der Waals surface area contributed by atoms with Gasteiger partial charge in [-0.25, -0.2) is 9.88 Å². The molecule has 27 heavy (non-hydrogen) atoms. The number of carbonyl (C=O) groups is 2. The molecule has 4 nitrogen and oxygen atoms in total. The molecule has 132 valence electrons. The van der Waals surface area contributed by atoms with E-state index in [0.717, 1.165) is 0 Å². The standard InChI is InChI=1S/C22H16N2O2S/c1-22-14-8-4-2-6-12(14)16(13-7-3-5-9-15(13)22)17-18(22)20(26)24(19(17)25)21-23-10-11-27-21/h2-11,16-18H,1H3/t16?,17-,18-,22?/m1/s1. The molecule has 0 saturated carbocycles. The molecule has 3 aromatic rings. The summed E-state index contributed by atoms with van der Waals surface area (Å²) < 4.78 is 0. The molecule has 0 unspecified atom stereocenters. The second-order valence-electron chi connectivity index (χ2n) is 7.68. The van der Waals surface area contributed by atoms with E-state index < -0.39 is 5.41 Å². The molecule has 1 fully saturated rings. The molecule has 2 bridgehead atoms. The van der Waals surface area contributed by atoms with Crippen molar-refractivity contribution in [3.05, 3.63) is 82.4 Å². The van der Waals surface area contributed by atoms with Gasteiger partial charge in [0, 0.05) is 22.9 Å². The number of aromatic nitrogens is 1. The monoisotopic (exact) mass is 372 g/mol. The van der Waals surface area contributed by atoms with Crippen molar-refractivity contribution in [1.82, 2.24) is 4.98 Å². The van der Waals surface area contributed by atoms with Gasteiger partial charge in [0.2, 0.25) is 11.8 Å². The van der Waals surface area contributed by atoms with E-state index >= 15 is 0 Å². The molecule has 1 aliphatic heterocycles. The van der Waals surface area contributed by atoms with Crippen LogP contribution in [0.25, 0.3) is 0 Å². The Hall–Kier alpha value is -2.79. The summed E-state index contributed by atoms with van der Waals surface area (Å²) in [6, 6.07) is 16.6. The maximum Gasteiger partial charge on any atom is 0.240 e. The number of benzene rings is 2. The predicted octanol–water partition coefficient (Wildman–Crippen LogP) is 3.71. The quantitative estimate of drug-likeness (QED) is 0.612. The van der Waals surface area contributed by atoms with Crippen molar-refractivity contribution >= 4 is 28.3 Å². The average molecular weight is 372 g/mol. The van der Waals surface area contributed by atoms with Crippen LogP contribution in [0.1, 0.15) is 35.1 Å². The molecule has 2 amide bonds. The molecule has 2 atom stereocenters. The largest absolute Gasteiger partial charge is 0.274 e.